The number of aryl methyl sites for hydroxylation is 2. The third-order valence-corrected chi connectivity index (χ3v) is 7.64. The summed E-state index contributed by atoms with van der Waals surface area (Å²) >= 11 is 0. The van der Waals surface area contributed by atoms with E-state index >= 15 is 0 Å². The smallest absolute Gasteiger partial charge is 0.243 e. The van der Waals surface area contributed by atoms with Crippen molar-refractivity contribution in [2.24, 2.45) is 5.92 Å². The first-order valence-electron chi connectivity index (χ1n) is 10.4. The molecule has 0 aliphatic carbocycles. The first kappa shape index (κ1) is 21.7. The summed E-state index contributed by atoms with van der Waals surface area (Å²) in [7, 11) is -3.43. The molecule has 0 N–H and O–H groups in total. The van der Waals surface area contributed by atoms with Gasteiger partial charge in [-0.05, 0) is 37.0 Å². The van der Waals surface area contributed by atoms with Gasteiger partial charge in [-0.15, -0.1) is 0 Å². The van der Waals surface area contributed by atoms with E-state index in [0.29, 0.717) is 23.9 Å². The number of hydrogen-bond donors (Lipinski definition) is 0. The summed E-state index contributed by atoms with van der Waals surface area (Å²) in [5.41, 5.74) is 1.79. The molecule has 0 amide bonds. The lowest BCUT2D eigenvalue weighted by atomic mass is 10.1. The van der Waals surface area contributed by atoms with Crippen LogP contribution in [0, 0.1) is 19.8 Å². The monoisotopic (exact) mass is 409 g/mol. The van der Waals surface area contributed by atoms with E-state index in [1.54, 1.807) is 10.4 Å². The number of piperazine rings is 1. The summed E-state index contributed by atoms with van der Waals surface area (Å²) in [6, 6.07) is 5.64. The Morgan fingerprint density at radius 3 is 2.46 bits per heavy atom. The fourth-order valence-corrected chi connectivity index (χ4v) is 5.87. The van der Waals surface area contributed by atoms with Crippen molar-refractivity contribution in [1.29, 1.82) is 0 Å². The van der Waals surface area contributed by atoms with E-state index in [0.717, 1.165) is 57.0 Å². The van der Waals surface area contributed by atoms with Crippen LogP contribution in [-0.4, -0.2) is 87.6 Å². The van der Waals surface area contributed by atoms with E-state index in [2.05, 4.69) is 23.6 Å². The van der Waals surface area contributed by atoms with E-state index in [1.807, 2.05) is 26.0 Å². The lowest BCUT2D eigenvalue weighted by Gasteiger charge is -2.39. The van der Waals surface area contributed by atoms with Gasteiger partial charge in [0.1, 0.15) is 0 Å². The van der Waals surface area contributed by atoms with Gasteiger partial charge in [0.2, 0.25) is 10.0 Å². The molecule has 3 rings (SSSR count). The molecule has 1 aromatic carbocycles. The Labute approximate surface area is 170 Å². The van der Waals surface area contributed by atoms with Crippen molar-refractivity contribution in [1.82, 2.24) is 14.1 Å². The summed E-state index contributed by atoms with van der Waals surface area (Å²) in [6.45, 7) is 15.7. The average molecular weight is 410 g/mol. The third kappa shape index (κ3) is 5.33. The van der Waals surface area contributed by atoms with Gasteiger partial charge in [-0.3, -0.25) is 9.80 Å². The van der Waals surface area contributed by atoms with Gasteiger partial charge in [-0.2, -0.15) is 4.31 Å². The molecule has 2 aliphatic rings. The molecular weight excluding hydrogens is 374 g/mol. The maximum Gasteiger partial charge on any atom is 0.243 e. The maximum atomic E-state index is 13.1. The van der Waals surface area contributed by atoms with Crippen molar-refractivity contribution >= 4 is 10.0 Å². The minimum absolute atomic E-state index is 0.217. The van der Waals surface area contributed by atoms with Crippen LogP contribution in [0.1, 0.15) is 25.0 Å². The highest BCUT2D eigenvalue weighted by atomic mass is 32.2. The van der Waals surface area contributed by atoms with E-state index in [4.69, 9.17) is 4.74 Å². The molecule has 6 nitrogen and oxygen atoms in total. The Morgan fingerprint density at radius 1 is 1.07 bits per heavy atom. The van der Waals surface area contributed by atoms with Crippen molar-refractivity contribution < 1.29 is 13.2 Å². The second-order valence-electron chi connectivity index (χ2n) is 8.62. The van der Waals surface area contributed by atoms with Crippen LogP contribution in [0.3, 0.4) is 0 Å². The topological polar surface area (TPSA) is 53.1 Å². The largest absolute Gasteiger partial charge is 0.374 e. The summed E-state index contributed by atoms with van der Waals surface area (Å²) < 4.78 is 33.8. The number of nitrogens with zero attached hydrogens (tertiary/aromatic N) is 3. The Morgan fingerprint density at radius 2 is 1.79 bits per heavy atom. The van der Waals surface area contributed by atoms with E-state index in [9.17, 15) is 8.42 Å². The van der Waals surface area contributed by atoms with Gasteiger partial charge < -0.3 is 4.74 Å². The van der Waals surface area contributed by atoms with Gasteiger partial charge >= 0.3 is 0 Å². The summed E-state index contributed by atoms with van der Waals surface area (Å²) in [4.78, 5) is 5.28. The predicted molar refractivity (Wildman–Crippen MR) is 112 cm³/mol. The first-order valence-corrected chi connectivity index (χ1v) is 11.8. The number of sulfonamides is 1. The highest BCUT2D eigenvalue weighted by Gasteiger charge is 2.31. The minimum Gasteiger partial charge on any atom is -0.374 e. The zero-order valence-corrected chi connectivity index (χ0v) is 18.5. The number of ether oxygens (including phenoxy) is 1. The number of rotatable bonds is 6. The van der Waals surface area contributed by atoms with Crippen molar-refractivity contribution in [3.8, 4) is 0 Å². The number of morpholine rings is 1. The van der Waals surface area contributed by atoms with Gasteiger partial charge in [-0.1, -0.05) is 26.0 Å². The summed E-state index contributed by atoms with van der Waals surface area (Å²) in [5, 5.41) is 0. The fourth-order valence-electron chi connectivity index (χ4n) is 4.14. The molecule has 28 heavy (non-hydrogen) atoms. The molecule has 1 aromatic rings. The average Bonchev–Trinajstić information content (AvgIpc) is 2.64. The van der Waals surface area contributed by atoms with Crippen LogP contribution in [0.15, 0.2) is 23.1 Å². The Balaban J connectivity index is 1.55. The lowest BCUT2D eigenvalue weighted by Crippen LogP contribution is -2.53. The zero-order valence-electron chi connectivity index (χ0n) is 17.7. The molecule has 1 atom stereocenters. The number of hydrogen-bond acceptors (Lipinski definition) is 5. The molecule has 2 fully saturated rings. The van der Waals surface area contributed by atoms with Crippen LogP contribution in [-0.2, 0) is 14.8 Å². The van der Waals surface area contributed by atoms with Gasteiger partial charge in [0, 0.05) is 52.4 Å². The Bertz CT molecular complexity index is 758. The summed E-state index contributed by atoms with van der Waals surface area (Å²) in [6.07, 6.45) is 0.217. The second-order valence-corrected chi connectivity index (χ2v) is 10.5. The van der Waals surface area contributed by atoms with Crippen LogP contribution < -0.4 is 0 Å². The van der Waals surface area contributed by atoms with Crippen LogP contribution in [0.5, 0.6) is 0 Å². The van der Waals surface area contributed by atoms with Crippen molar-refractivity contribution in [2.75, 3.05) is 59.0 Å². The Kier molecular flexibility index (Phi) is 7.15. The van der Waals surface area contributed by atoms with Crippen molar-refractivity contribution in [3.63, 3.8) is 0 Å². The third-order valence-electron chi connectivity index (χ3n) is 5.60. The first-order chi connectivity index (χ1) is 13.3. The van der Waals surface area contributed by atoms with E-state index in [-0.39, 0.29) is 6.10 Å². The number of benzene rings is 1. The molecule has 0 spiro atoms. The molecule has 0 radical (unpaired) electrons. The molecule has 0 unspecified atom stereocenters. The molecule has 7 heteroatoms. The summed E-state index contributed by atoms with van der Waals surface area (Å²) in [5.74, 6) is 0.664. The lowest BCUT2D eigenvalue weighted by molar-refractivity contribution is -0.0486. The van der Waals surface area contributed by atoms with Crippen molar-refractivity contribution in [2.45, 2.75) is 38.7 Å². The highest BCUT2D eigenvalue weighted by molar-refractivity contribution is 7.89. The zero-order chi connectivity index (χ0) is 20.3. The minimum atomic E-state index is -3.43. The van der Waals surface area contributed by atoms with Crippen LogP contribution >= 0.6 is 0 Å². The standard InChI is InChI=1S/C21H35N3O3S/c1-17(2)14-23-11-12-27-20(16-23)15-22-7-9-24(10-8-22)28(25,26)21-13-18(3)5-6-19(21)4/h5-6,13,17,20H,7-12,14-16H2,1-4H3/t20-/m0/s1. The molecule has 158 valence electrons. The quantitative estimate of drug-likeness (QED) is 0.719. The molecule has 2 aliphatic heterocycles. The predicted octanol–water partition coefficient (Wildman–Crippen LogP) is 1.97. The van der Waals surface area contributed by atoms with Crippen LogP contribution in [0.2, 0.25) is 0 Å². The van der Waals surface area contributed by atoms with Crippen LogP contribution in [0.4, 0.5) is 0 Å². The molecule has 2 saturated heterocycles. The SMILES string of the molecule is Cc1ccc(C)c(S(=O)(=O)N2CCN(C[C@H]3CN(CC(C)C)CCO3)CC2)c1. The van der Waals surface area contributed by atoms with E-state index < -0.39 is 10.0 Å². The van der Waals surface area contributed by atoms with Gasteiger partial charge in [0.25, 0.3) is 0 Å². The van der Waals surface area contributed by atoms with E-state index in [1.165, 1.54) is 0 Å². The second kappa shape index (κ2) is 9.22. The molecular formula is C21H35N3O3S. The van der Waals surface area contributed by atoms with Crippen LogP contribution in [0.25, 0.3) is 0 Å². The Hall–Kier alpha value is -0.990. The highest BCUT2D eigenvalue weighted by Crippen LogP contribution is 2.22. The van der Waals surface area contributed by atoms with Crippen molar-refractivity contribution in [3.05, 3.63) is 29.3 Å². The van der Waals surface area contributed by atoms with Gasteiger partial charge in [0.05, 0.1) is 17.6 Å². The van der Waals surface area contributed by atoms with Gasteiger partial charge in [0.15, 0.2) is 0 Å². The molecule has 0 aromatic heterocycles. The fraction of sp³-hybridized carbons (Fsp3) is 0.714. The van der Waals surface area contributed by atoms with Gasteiger partial charge in [-0.25, -0.2) is 8.42 Å². The molecule has 0 bridgehead atoms. The molecule has 2 heterocycles. The maximum absolute atomic E-state index is 13.1. The normalized spacial score (nSPS) is 23.4. The molecule has 0 saturated carbocycles.